The van der Waals surface area contributed by atoms with Gasteiger partial charge in [-0.05, 0) is 46.0 Å². The fourth-order valence-electron chi connectivity index (χ4n) is 3.91. The Morgan fingerprint density at radius 1 is 1.18 bits per heavy atom. The molecule has 0 radical (unpaired) electrons. The Hall–Kier alpha value is -1.76. The number of hydrogen-bond donors (Lipinski definition) is 2. The fraction of sp³-hybridized carbons (Fsp3) is 0.545. The lowest BCUT2D eigenvalue weighted by Gasteiger charge is -2.43. The summed E-state index contributed by atoms with van der Waals surface area (Å²) in [6.45, 7) is 3.78. The summed E-state index contributed by atoms with van der Waals surface area (Å²) in [7, 11) is 4.39. The van der Waals surface area contributed by atoms with Crippen LogP contribution in [0.25, 0.3) is 0 Å². The molecule has 1 aromatic heterocycles. The van der Waals surface area contributed by atoms with Gasteiger partial charge in [0.25, 0.3) is 0 Å². The highest BCUT2D eigenvalue weighted by atomic mass is 32.1. The summed E-state index contributed by atoms with van der Waals surface area (Å²) in [6, 6.07) is 7.84. The third-order valence-corrected chi connectivity index (χ3v) is 6.64. The molecule has 1 amide bonds. The molecule has 1 aliphatic rings. The topological polar surface area (TPSA) is 57.3 Å². The van der Waals surface area contributed by atoms with Crippen molar-refractivity contribution in [2.75, 3.05) is 26.0 Å². The van der Waals surface area contributed by atoms with Gasteiger partial charge in [0.15, 0.2) is 0 Å². The summed E-state index contributed by atoms with van der Waals surface area (Å²) in [4.78, 5) is 19.3. The Kier molecular flexibility index (Phi) is 7.21. The smallest absolute Gasteiger partial charge is 0.231 e. The molecule has 0 spiro atoms. The van der Waals surface area contributed by atoms with E-state index in [4.69, 9.17) is 0 Å². The van der Waals surface area contributed by atoms with Crippen molar-refractivity contribution < 1.29 is 4.79 Å². The van der Waals surface area contributed by atoms with Gasteiger partial charge in [-0.3, -0.25) is 4.79 Å². The summed E-state index contributed by atoms with van der Waals surface area (Å²) < 4.78 is 0. The van der Waals surface area contributed by atoms with Crippen LogP contribution in [0.5, 0.6) is 0 Å². The Bertz CT molecular complexity index is 763. The summed E-state index contributed by atoms with van der Waals surface area (Å²) in [6.07, 6.45) is 6.83. The number of thiazole rings is 1. The number of aromatic nitrogens is 1. The van der Waals surface area contributed by atoms with Crippen molar-refractivity contribution in [3.63, 3.8) is 0 Å². The number of carbonyl (C=O) groups excluding carboxylic acids is 1. The molecule has 1 aromatic carbocycles. The van der Waals surface area contributed by atoms with Crippen molar-refractivity contribution in [2.24, 2.45) is 0 Å². The van der Waals surface area contributed by atoms with E-state index in [0.29, 0.717) is 6.42 Å². The van der Waals surface area contributed by atoms with Gasteiger partial charge in [-0.2, -0.15) is 0 Å². The van der Waals surface area contributed by atoms with E-state index in [0.717, 1.165) is 29.5 Å². The van der Waals surface area contributed by atoms with Crippen molar-refractivity contribution in [3.05, 3.63) is 45.9 Å². The van der Waals surface area contributed by atoms with Gasteiger partial charge in [0, 0.05) is 29.7 Å². The Balaban J connectivity index is 1.47. The molecule has 5 nitrogen and oxygen atoms in total. The lowest BCUT2D eigenvalue weighted by Crippen LogP contribution is -2.52. The minimum atomic E-state index is -0.0218. The molecule has 0 aliphatic heterocycles. The van der Waals surface area contributed by atoms with E-state index < -0.39 is 0 Å². The first-order valence-corrected chi connectivity index (χ1v) is 11.0. The zero-order chi connectivity index (χ0) is 20.0. The largest absolute Gasteiger partial charge is 0.326 e. The van der Waals surface area contributed by atoms with E-state index in [2.05, 4.69) is 40.0 Å². The lowest BCUT2D eigenvalue weighted by molar-refractivity contribution is -0.115. The van der Waals surface area contributed by atoms with Crippen LogP contribution in [0, 0.1) is 6.92 Å². The first-order valence-electron chi connectivity index (χ1n) is 10.1. The van der Waals surface area contributed by atoms with Gasteiger partial charge < -0.3 is 15.5 Å². The van der Waals surface area contributed by atoms with Crippen LogP contribution in [0.4, 0.5) is 5.69 Å². The second-order valence-corrected chi connectivity index (χ2v) is 9.05. The van der Waals surface area contributed by atoms with Crippen LogP contribution in [0.15, 0.2) is 29.6 Å². The van der Waals surface area contributed by atoms with Crippen molar-refractivity contribution in [2.45, 2.75) is 57.5 Å². The van der Waals surface area contributed by atoms with Crippen LogP contribution in [-0.2, 0) is 17.8 Å². The van der Waals surface area contributed by atoms with E-state index in [1.807, 2.05) is 31.2 Å². The molecule has 0 unspecified atom stereocenters. The average Bonchev–Trinajstić information content (AvgIpc) is 3.11. The number of amides is 1. The monoisotopic (exact) mass is 400 g/mol. The maximum Gasteiger partial charge on any atom is 0.231 e. The maximum absolute atomic E-state index is 12.2. The third kappa shape index (κ3) is 5.63. The molecule has 1 fully saturated rings. The van der Waals surface area contributed by atoms with Crippen molar-refractivity contribution in [3.8, 4) is 0 Å². The Labute approximate surface area is 172 Å². The Morgan fingerprint density at radius 2 is 1.89 bits per heavy atom. The second-order valence-electron chi connectivity index (χ2n) is 8.11. The summed E-state index contributed by atoms with van der Waals surface area (Å²) in [5.74, 6) is -0.0218. The lowest BCUT2D eigenvalue weighted by atomic mass is 9.80. The molecule has 0 atom stereocenters. The highest BCUT2D eigenvalue weighted by Gasteiger charge is 2.33. The molecule has 28 heavy (non-hydrogen) atoms. The SMILES string of the molecule is Cc1ccc(NC(=O)Cc2nc(CNCC3(N(C)C)CCCCC3)cs2)cc1. The van der Waals surface area contributed by atoms with E-state index in [1.165, 1.54) is 37.7 Å². The normalized spacial score (nSPS) is 16.3. The van der Waals surface area contributed by atoms with Gasteiger partial charge >= 0.3 is 0 Å². The average molecular weight is 401 g/mol. The van der Waals surface area contributed by atoms with Gasteiger partial charge in [0.05, 0.1) is 12.1 Å². The number of rotatable bonds is 8. The second kappa shape index (κ2) is 9.63. The van der Waals surface area contributed by atoms with Gasteiger partial charge in [-0.15, -0.1) is 11.3 Å². The molecule has 3 rings (SSSR count). The highest BCUT2D eigenvalue weighted by Crippen LogP contribution is 2.31. The van der Waals surface area contributed by atoms with Crippen LogP contribution in [0.3, 0.4) is 0 Å². The molecule has 0 bridgehead atoms. The molecule has 2 aromatic rings. The standard InChI is InChI=1S/C22H32N4OS/c1-17-7-9-18(10-8-17)24-20(27)13-21-25-19(15-28-21)14-23-16-22(26(2)3)11-5-4-6-12-22/h7-10,15,23H,4-6,11-14,16H2,1-3H3,(H,24,27). The molecule has 1 saturated carbocycles. The maximum atomic E-state index is 12.2. The number of benzene rings is 1. The number of aryl methyl sites for hydroxylation is 1. The quantitative estimate of drug-likeness (QED) is 0.704. The van der Waals surface area contributed by atoms with Gasteiger partial charge in [0.1, 0.15) is 5.01 Å². The first kappa shape index (κ1) is 21.0. The van der Waals surface area contributed by atoms with E-state index in [-0.39, 0.29) is 11.4 Å². The van der Waals surface area contributed by atoms with Crippen LogP contribution in [0.1, 0.15) is 48.4 Å². The molecule has 1 aliphatic carbocycles. The summed E-state index contributed by atoms with van der Waals surface area (Å²) >= 11 is 1.56. The third-order valence-electron chi connectivity index (χ3n) is 5.74. The van der Waals surface area contributed by atoms with E-state index in [1.54, 1.807) is 11.3 Å². The summed E-state index contributed by atoms with van der Waals surface area (Å²) in [5.41, 5.74) is 3.30. The van der Waals surface area contributed by atoms with Crippen molar-refractivity contribution in [1.82, 2.24) is 15.2 Å². The molecule has 0 saturated heterocycles. The predicted molar refractivity (Wildman–Crippen MR) is 117 cm³/mol. The number of nitrogens with one attached hydrogen (secondary N) is 2. The highest BCUT2D eigenvalue weighted by molar-refractivity contribution is 7.09. The number of hydrogen-bond acceptors (Lipinski definition) is 5. The van der Waals surface area contributed by atoms with Crippen molar-refractivity contribution >= 4 is 22.9 Å². The van der Waals surface area contributed by atoms with Crippen LogP contribution >= 0.6 is 11.3 Å². The minimum absolute atomic E-state index is 0.0218. The molecular weight excluding hydrogens is 368 g/mol. The van der Waals surface area contributed by atoms with Gasteiger partial charge in [0.2, 0.25) is 5.91 Å². The number of anilines is 1. The van der Waals surface area contributed by atoms with Crippen LogP contribution in [0.2, 0.25) is 0 Å². The summed E-state index contributed by atoms with van der Waals surface area (Å²) in [5, 5.41) is 9.47. The van der Waals surface area contributed by atoms with Crippen LogP contribution in [-0.4, -0.2) is 42.0 Å². The fourth-order valence-corrected chi connectivity index (χ4v) is 4.70. The Morgan fingerprint density at radius 3 is 2.57 bits per heavy atom. The molecular formula is C22H32N4OS. The number of carbonyl (C=O) groups is 1. The molecule has 1 heterocycles. The number of likely N-dealkylation sites (N-methyl/N-ethyl adjacent to an activating group) is 1. The molecule has 152 valence electrons. The van der Waals surface area contributed by atoms with Gasteiger partial charge in [-0.1, -0.05) is 37.0 Å². The predicted octanol–water partition coefficient (Wildman–Crippen LogP) is 3.99. The molecule has 2 N–H and O–H groups in total. The van der Waals surface area contributed by atoms with E-state index >= 15 is 0 Å². The minimum Gasteiger partial charge on any atom is -0.326 e. The van der Waals surface area contributed by atoms with Gasteiger partial charge in [-0.25, -0.2) is 4.98 Å². The van der Waals surface area contributed by atoms with Crippen molar-refractivity contribution in [1.29, 1.82) is 0 Å². The molecule has 6 heteroatoms. The number of nitrogens with zero attached hydrogens (tertiary/aromatic N) is 2. The van der Waals surface area contributed by atoms with Crippen LogP contribution < -0.4 is 10.6 Å². The zero-order valence-corrected chi connectivity index (χ0v) is 18.1. The first-order chi connectivity index (χ1) is 13.5. The zero-order valence-electron chi connectivity index (χ0n) is 17.3. The van der Waals surface area contributed by atoms with E-state index in [9.17, 15) is 4.79 Å².